The zero-order valence-electron chi connectivity index (χ0n) is 33.1. The van der Waals surface area contributed by atoms with Crippen LogP contribution in [0.15, 0.2) is 0 Å². The lowest BCUT2D eigenvalue weighted by atomic mass is 10.1. The van der Waals surface area contributed by atoms with Crippen molar-refractivity contribution >= 4 is 11.9 Å². The molecule has 0 amide bonds. The maximum atomic E-state index is 12.7. The van der Waals surface area contributed by atoms with E-state index in [1.54, 1.807) is 14.0 Å². The lowest BCUT2D eigenvalue weighted by Crippen LogP contribution is -2.34. The first-order valence-electron chi connectivity index (χ1n) is 20.4. The fourth-order valence-electron chi connectivity index (χ4n) is 5.65. The first-order chi connectivity index (χ1) is 23.5. The highest BCUT2D eigenvalue weighted by Crippen LogP contribution is 2.18. The third kappa shape index (κ3) is 33.7. The number of hydrogen-bond donors (Lipinski definition) is 1. The van der Waals surface area contributed by atoms with Crippen LogP contribution >= 0.6 is 0 Å². The molecule has 0 saturated heterocycles. The predicted molar refractivity (Wildman–Crippen MR) is 201 cm³/mol. The van der Waals surface area contributed by atoms with Crippen LogP contribution in [0.25, 0.3) is 0 Å². The molecule has 8 nitrogen and oxygen atoms in total. The van der Waals surface area contributed by atoms with Crippen molar-refractivity contribution < 1.29 is 38.4 Å². The van der Waals surface area contributed by atoms with Gasteiger partial charge >= 0.3 is 11.9 Å². The number of ether oxygens (including phenoxy) is 5. The Morgan fingerprint density at radius 1 is 0.571 bits per heavy atom. The molecule has 0 aliphatic carbocycles. The Hall–Kier alpha value is -1.22. The Labute approximate surface area is 302 Å². The number of methoxy groups -OCH3 is 1. The van der Waals surface area contributed by atoms with Crippen LogP contribution in [0, 0.1) is 0 Å². The third-order valence-electron chi connectivity index (χ3n) is 9.38. The minimum absolute atomic E-state index is 0.0279. The monoisotopic (exact) mass is 701 g/mol. The summed E-state index contributed by atoms with van der Waals surface area (Å²) in [7, 11) is 1.66. The summed E-state index contributed by atoms with van der Waals surface area (Å²) in [6.07, 6.45) is 27.8. The number of unbranched alkanes of at least 4 members (excludes halogenated alkanes) is 20. The van der Waals surface area contributed by atoms with Crippen molar-refractivity contribution in [1.82, 2.24) is 0 Å². The Balaban J connectivity index is 4.46. The van der Waals surface area contributed by atoms with Gasteiger partial charge < -0.3 is 28.8 Å². The van der Waals surface area contributed by atoms with Crippen LogP contribution in [0.1, 0.15) is 202 Å². The molecule has 0 bridgehead atoms. The largest absolute Gasteiger partial charge is 0.462 e. The summed E-state index contributed by atoms with van der Waals surface area (Å²) in [5.74, 6) is -1.91. The molecule has 2 unspecified atom stereocenters. The van der Waals surface area contributed by atoms with Crippen LogP contribution in [-0.4, -0.2) is 68.1 Å². The second-order valence-corrected chi connectivity index (χ2v) is 14.9. The Bertz CT molecular complexity index is 754. The average molecular weight is 701 g/mol. The molecule has 0 rings (SSSR count). The highest BCUT2D eigenvalue weighted by molar-refractivity contribution is 5.70. The summed E-state index contributed by atoms with van der Waals surface area (Å²) >= 11 is 0. The molecule has 292 valence electrons. The van der Waals surface area contributed by atoms with Crippen LogP contribution < -0.4 is 0 Å². The molecule has 1 N–H and O–H groups in total. The van der Waals surface area contributed by atoms with Gasteiger partial charge in [0.1, 0.15) is 6.61 Å². The van der Waals surface area contributed by atoms with Gasteiger partial charge in [-0.25, -0.2) is 0 Å². The first-order valence-corrected chi connectivity index (χ1v) is 20.4. The summed E-state index contributed by atoms with van der Waals surface area (Å²) < 4.78 is 28.1. The average Bonchev–Trinajstić information content (AvgIpc) is 3.06. The van der Waals surface area contributed by atoms with Crippen molar-refractivity contribution in [3.05, 3.63) is 0 Å². The van der Waals surface area contributed by atoms with Gasteiger partial charge in [0, 0.05) is 26.4 Å². The van der Waals surface area contributed by atoms with Gasteiger partial charge in [0.2, 0.25) is 0 Å². The van der Waals surface area contributed by atoms with Crippen LogP contribution in [0.2, 0.25) is 0 Å². The fraction of sp³-hybridized carbons (Fsp3) is 0.951. The standard InChI is InChI=1S/C41H80O8/c1-7-9-11-13-15-17-19-21-23-25-27-29-38(42)47-36-37(35-46-33-32-41(5,44)48-34-31-40(3,4)45-6)49-39(43)30-28-26-24-22-20-18-16-14-12-10-8-2/h37,44H,7-36H2,1-6H3. The zero-order chi connectivity index (χ0) is 36.5. The molecule has 2 atom stereocenters. The van der Waals surface area contributed by atoms with Crippen molar-refractivity contribution in [3.63, 3.8) is 0 Å². The van der Waals surface area contributed by atoms with E-state index in [9.17, 15) is 14.7 Å². The van der Waals surface area contributed by atoms with E-state index in [1.807, 2.05) is 13.8 Å². The first kappa shape index (κ1) is 47.8. The Kier molecular flexibility index (Phi) is 31.9. The van der Waals surface area contributed by atoms with Crippen molar-refractivity contribution in [2.24, 2.45) is 0 Å². The summed E-state index contributed by atoms with van der Waals surface area (Å²) in [4.78, 5) is 25.1. The van der Waals surface area contributed by atoms with Gasteiger partial charge in [-0.05, 0) is 40.0 Å². The SMILES string of the molecule is CCCCCCCCCCCCCC(=O)OCC(COCCC(C)(O)OCCC(C)(C)OC)OC(=O)CCCCCCCCCCCCC. The van der Waals surface area contributed by atoms with Crippen LogP contribution in [0.5, 0.6) is 0 Å². The molecule has 8 heteroatoms. The fourth-order valence-corrected chi connectivity index (χ4v) is 5.65. The van der Waals surface area contributed by atoms with E-state index in [0.29, 0.717) is 25.9 Å². The van der Waals surface area contributed by atoms with Gasteiger partial charge in [-0.15, -0.1) is 0 Å². The van der Waals surface area contributed by atoms with E-state index in [2.05, 4.69) is 13.8 Å². The van der Waals surface area contributed by atoms with Crippen LogP contribution in [0.4, 0.5) is 0 Å². The zero-order valence-corrected chi connectivity index (χ0v) is 33.1. The summed E-state index contributed by atoms with van der Waals surface area (Å²) in [5, 5.41) is 10.6. The maximum absolute atomic E-state index is 12.7. The minimum atomic E-state index is -1.36. The normalized spacial score (nSPS) is 13.7. The molecule has 0 fully saturated rings. The summed E-state index contributed by atoms with van der Waals surface area (Å²) in [5.41, 5.74) is -0.331. The van der Waals surface area contributed by atoms with Gasteiger partial charge in [-0.3, -0.25) is 9.59 Å². The highest BCUT2D eigenvalue weighted by atomic mass is 16.6. The Morgan fingerprint density at radius 3 is 1.45 bits per heavy atom. The number of esters is 2. The van der Waals surface area contributed by atoms with E-state index in [4.69, 9.17) is 23.7 Å². The van der Waals surface area contributed by atoms with Gasteiger partial charge in [0.05, 0.1) is 25.4 Å². The van der Waals surface area contributed by atoms with Gasteiger partial charge in [0.25, 0.3) is 0 Å². The number of aliphatic hydroxyl groups is 1. The number of rotatable bonds is 37. The lowest BCUT2D eigenvalue weighted by Gasteiger charge is -2.28. The van der Waals surface area contributed by atoms with Gasteiger partial charge in [-0.2, -0.15) is 0 Å². The molecular formula is C41H80O8. The molecule has 0 aromatic carbocycles. The second kappa shape index (κ2) is 32.7. The molecule has 49 heavy (non-hydrogen) atoms. The molecule has 0 radical (unpaired) electrons. The summed E-state index contributed by atoms with van der Waals surface area (Å²) in [6, 6.07) is 0. The second-order valence-electron chi connectivity index (χ2n) is 14.9. The van der Waals surface area contributed by atoms with E-state index in [-0.39, 0.29) is 43.8 Å². The van der Waals surface area contributed by atoms with Crippen molar-refractivity contribution in [2.75, 3.05) is 33.5 Å². The molecule has 0 saturated carbocycles. The molecular weight excluding hydrogens is 620 g/mol. The van der Waals surface area contributed by atoms with Crippen molar-refractivity contribution in [2.45, 2.75) is 219 Å². The van der Waals surface area contributed by atoms with Gasteiger partial charge in [-0.1, -0.05) is 142 Å². The van der Waals surface area contributed by atoms with E-state index in [1.165, 1.54) is 103 Å². The quantitative estimate of drug-likeness (QED) is 0.0388. The highest BCUT2D eigenvalue weighted by Gasteiger charge is 2.24. The Morgan fingerprint density at radius 2 is 1.00 bits per heavy atom. The smallest absolute Gasteiger partial charge is 0.306 e. The summed E-state index contributed by atoms with van der Waals surface area (Å²) in [6.45, 7) is 10.7. The van der Waals surface area contributed by atoms with Gasteiger partial charge in [0.15, 0.2) is 11.9 Å². The predicted octanol–water partition coefficient (Wildman–Crippen LogP) is 10.8. The number of carbonyl (C=O) groups is 2. The minimum Gasteiger partial charge on any atom is -0.462 e. The van der Waals surface area contributed by atoms with Crippen molar-refractivity contribution in [3.8, 4) is 0 Å². The topological polar surface area (TPSA) is 101 Å². The maximum Gasteiger partial charge on any atom is 0.306 e. The molecule has 0 spiro atoms. The molecule has 0 aliphatic rings. The number of carbonyl (C=O) groups excluding carboxylic acids is 2. The van der Waals surface area contributed by atoms with E-state index in [0.717, 1.165) is 38.5 Å². The lowest BCUT2D eigenvalue weighted by molar-refractivity contribution is -0.207. The number of hydrogen-bond acceptors (Lipinski definition) is 8. The molecule has 0 aromatic rings. The van der Waals surface area contributed by atoms with Crippen LogP contribution in [-0.2, 0) is 33.3 Å². The molecule has 0 aromatic heterocycles. The van der Waals surface area contributed by atoms with Crippen LogP contribution in [0.3, 0.4) is 0 Å². The molecule has 0 heterocycles. The molecule has 0 aliphatic heterocycles. The third-order valence-corrected chi connectivity index (χ3v) is 9.38. The van der Waals surface area contributed by atoms with E-state index < -0.39 is 11.9 Å². The van der Waals surface area contributed by atoms with E-state index >= 15 is 0 Å². The van der Waals surface area contributed by atoms with Crippen molar-refractivity contribution in [1.29, 1.82) is 0 Å².